The van der Waals surface area contributed by atoms with Crippen LogP contribution in [0.3, 0.4) is 0 Å². The highest BCUT2D eigenvalue weighted by atomic mass is 35.5. The lowest BCUT2D eigenvalue weighted by molar-refractivity contribution is -0.151. The summed E-state index contributed by atoms with van der Waals surface area (Å²) in [7, 11) is 0. The van der Waals surface area contributed by atoms with Crippen molar-refractivity contribution < 1.29 is 19.1 Å². The van der Waals surface area contributed by atoms with Gasteiger partial charge in [0.25, 0.3) is 5.91 Å². The molecule has 3 rings (SSSR count). The van der Waals surface area contributed by atoms with E-state index in [1.54, 1.807) is 12.1 Å². The van der Waals surface area contributed by atoms with Crippen LogP contribution in [-0.4, -0.2) is 36.6 Å². The number of nitrogens with one attached hydrogen (secondary N) is 2. The fourth-order valence-corrected chi connectivity index (χ4v) is 5.59. The maximum Gasteiger partial charge on any atom is 0.323 e. The van der Waals surface area contributed by atoms with Gasteiger partial charge < -0.3 is 21.5 Å². The van der Waals surface area contributed by atoms with Crippen LogP contribution in [0.5, 0.6) is 0 Å². The van der Waals surface area contributed by atoms with Crippen molar-refractivity contribution in [1.82, 2.24) is 5.32 Å². The van der Waals surface area contributed by atoms with Crippen LogP contribution < -0.4 is 22.1 Å². The second-order valence-corrected chi connectivity index (χ2v) is 10.7. The van der Waals surface area contributed by atoms with Crippen LogP contribution in [0, 0.1) is 5.92 Å². The van der Waals surface area contributed by atoms with E-state index in [2.05, 4.69) is 24.5 Å². The minimum atomic E-state index is -0.784. The Labute approximate surface area is 220 Å². The Hall–Kier alpha value is -2.88. The van der Waals surface area contributed by atoms with E-state index < -0.39 is 11.9 Å². The van der Waals surface area contributed by atoms with Crippen molar-refractivity contribution in [3.63, 3.8) is 0 Å². The quantitative estimate of drug-likeness (QED) is 0.296. The Balaban J connectivity index is 1.64. The Bertz CT molecular complexity index is 1130. The fraction of sp³-hybridized carbons (Fsp3) is 0.423. The lowest BCUT2D eigenvalue weighted by Crippen LogP contribution is -2.40. The first-order chi connectivity index (χ1) is 17.1. The van der Waals surface area contributed by atoms with Gasteiger partial charge in [-0.2, -0.15) is 0 Å². The SMILES string of the molecule is CC(C)C[C@H](NC/C=C/c1ccc(-c2cc(C(N)=O)c(NC(N)=O)s2)c(Cl)c1)C(=O)OC1CCCC1. The van der Waals surface area contributed by atoms with Crippen LogP contribution in [0.2, 0.25) is 5.02 Å². The van der Waals surface area contributed by atoms with Crippen molar-refractivity contribution in [3.05, 3.63) is 46.5 Å². The van der Waals surface area contributed by atoms with Gasteiger partial charge in [-0.05, 0) is 55.7 Å². The zero-order valence-electron chi connectivity index (χ0n) is 20.5. The van der Waals surface area contributed by atoms with E-state index in [9.17, 15) is 14.4 Å². The topological polar surface area (TPSA) is 137 Å². The van der Waals surface area contributed by atoms with E-state index in [-0.39, 0.29) is 28.7 Å². The molecule has 6 N–H and O–H groups in total. The molecule has 10 heteroatoms. The van der Waals surface area contributed by atoms with Crippen molar-refractivity contribution in [2.75, 3.05) is 11.9 Å². The molecule has 36 heavy (non-hydrogen) atoms. The second kappa shape index (κ2) is 12.9. The van der Waals surface area contributed by atoms with Gasteiger partial charge in [0.1, 0.15) is 17.1 Å². The first kappa shape index (κ1) is 27.7. The van der Waals surface area contributed by atoms with E-state index in [0.29, 0.717) is 34.3 Å². The molecule has 1 heterocycles. The van der Waals surface area contributed by atoms with Crippen LogP contribution >= 0.6 is 22.9 Å². The minimum absolute atomic E-state index is 0.0511. The van der Waals surface area contributed by atoms with Crippen molar-refractivity contribution in [1.29, 1.82) is 0 Å². The summed E-state index contributed by atoms with van der Waals surface area (Å²) in [6, 6.07) is 5.98. The molecular weight excluding hydrogens is 500 g/mol. The van der Waals surface area contributed by atoms with Gasteiger partial charge in [-0.15, -0.1) is 11.3 Å². The van der Waals surface area contributed by atoms with Crippen molar-refractivity contribution >= 4 is 51.9 Å². The molecule has 8 nitrogen and oxygen atoms in total. The summed E-state index contributed by atoms with van der Waals surface area (Å²) in [6.07, 6.45) is 8.76. The van der Waals surface area contributed by atoms with Gasteiger partial charge in [0.15, 0.2) is 0 Å². The van der Waals surface area contributed by atoms with Crippen LogP contribution in [0.1, 0.15) is 61.9 Å². The zero-order valence-corrected chi connectivity index (χ0v) is 22.1. The number of amides is 3. The molecule has 0 unspecified atom stereocenters. The summed E-state index contributed by atoms with van der Waals surface area (Å²) in [5.74, 6) is -0.486. The third kappa shape index (κ3) is 7.81. The number of hydrogen-bond acceptors (Lipinski definition) is 6. The molecule has 0 radical (unpaired) electrons. The summed E-state index contributed by atoms with van der Waals surface area (Å²) < 4.78 is 5.71. The van der Waals surface area contributed by atoms with Crippen LogP contribution in [0.15, 0.2) is 30.3 Å². The van der Waals surface area contributed by atoms with Gasteiger partial charge in [0.2, 0.25) is 0 Å². The molecule has 1 saturated carbocycles. The highest BCUT2D eigenvalue weighted by Crippen LogP contribution is 2.39. The van der Waals surface area contributed by atoms with Crippen LogP contribution in [-0.2, 0) is 9.53 Å². The largest absolute Gasteiger partial charge is 0.461 e. The van der Waals surface area contributed by atoms with Crippen molar-refractivity contribution in [2.24, 2.45) is 17.4 Å². The number of halogens is 1. The molecule has 2 aromatic rings. The lowest BCUT2D eigenvalue weighted by atomic mass is 10.0. The second-order valence-electron chi connectivity index (χ2n) is 9.28. The van der Waals surface area contributed by atoms with E-state index in [1.807, 2.05) is 24.3 Å². The highest BCUT2D eigenvalue weighted by molar-refractivity contribution is 7.20. The first-order valence-corrected chi connectivity index (χ1v) is 13.2. The Kier molecular flexibility index (Phi) is 9.92. The summed E-state index contributed by atoms with van der Waals surface area (Å²) in [5.41, 5.74) is 12.3. The van der Waals surface area contributed by atoms with Crippen molar-refractivity contribution in [2.45, 2.75) is 58.1 Å². The molecule has 3 amide bonds. The monoisotopic (exact) mass is 532 g/mol. The average Bonchev–Trinajstić information content (AvgIpc) is 3.45. The van der Waals surface area contributed by atoms with Gasteiger partial charge in [-0.1, -0.05) is 49.7 Å². The third-order valence-corrected chi connectivity index (χ3v) is 7.26. The number of rotatable bonds is 11. The number of nitrogens with two attached hydrogens (primary N) is 2. The van der Waals surface area contributed by atoms with E-state index >= 15 is 0 Å². The summed E-state index contributed by atoms with van der Waals surface area (Å²) in [6.45, 7) is 4.68. The highest BCUT2D eigenvalue weighted by Gasteiger charge is 2.25. The summed E-state index contributed by atoms with van der Waals surface area (Å²) in [4.78, 5) is 36.3. The van der Waals surface area contributed by atoms with Gasteiger partial charge in [0, 0.05) is 22.0 Å². The molecular formula is C26H33ClN4O4S. The predicted molar refractivity (Wildman–Crippen MR) is 145 cm³/mol. The number of urea groups is 1. The number of hydrogen-bond donors (Lipinski definition) is 4. The standard InChI is InChI=1S/C26H33ClN4O4S/c1-15(2)12-21(25(33)35-17-7-3-4-8-17)30-11-5-6-16-9-10-18(20(27)13-16)22-14-19(23(28)32)24(36-22)31-26(29)34/h5-6,9-10,13-15,17,21,30H,3-4,7-8,11-12H2,1-2H3,(H2,28,32)(H3,29,31,34)/b6-5+/t21-/m0/s1. The van der Waals surface area contributed by atoms with E-state index in [1.165, 1.54) is 0 Å². The molecule has 1 fully saturated rings. The molecule has 0 aliphatic heterocycles. The zero-order chi connectivity index (χ0) is 26.2. The molecule has 0 bridgehead atoms. The molecule has 1 aliphatic rings. The van der Waals surface area contributed by atoms with Crippen LogP contribution in [0.4, 0.5) is 9.80 Å². The number of esters is 1. The summed E-state index contributed by atoms with van der Waals surface area (Å²) in [5, 5.41) is 6.48. The normalized spacial score (nSPS) is 14.9. The number of primary amides is 2. The molecule has 194 valence electrons. The number of carbonyl (C=O) groups excluding carboxylic acids is 3. The van der Waals surface area contributed by atoms with Gasteiger partial charge >= 0.3 is 12.0 Å². The van der Waals surface area contributed by atoms with Crippen LogP contribution in [0.25, 0.3) is 16.5 Å². The van der Waals surface area contributed by atoms with Gasteiger partial charge in [0.05, 0.1) is 5.56 Å². The first-order valence-electron chi connectivity index (χ1n) is 12.0. The number of carbonyl (C=O) groups is 3. The van der Waals surface area contributed by atoms with Crippen molar-refractivity contribution in [3.8, 4) is 10.4 Å². The molecule has 1 aliphatic carbocycles. The average molecular weight is 533 g/mol. The molecule has 1 atom stereocenters. The van der Waals surface area contributed by atoms with E-state index in [0.717, 1.165) is 42.6 Å². The molecule has 0 saturated heterocycles. The molecule has 1 aromatic heterocycles. The van der Waals surface area contributed by atoms with E-state index in [4.69, 9.17) is 27.8 Å². The number of anilines is 1. The fourth-order valence-electron chi connectivity index (χ4n) is 4.14. The maximum atomic E-state index is 12.7. The molecule has 0 spiro atoms. The maximum absolute atomic E-state index is 12.7. The molecule has 1 aromatic carbocycles. The predicted octanol–water partition coefficient (Wildman–Crippen LogP) is 5.16. The van der Waals surface area contributed by atoms with Gasteiger partial charge in [-0.3, -0.25) is 14.9 Å². The smallest absolute Gasteiger partial charge is 0.323 e. The number of benzene rings is 1. The Morgan fingerprint density at radius 3 is 2.53 bits per heavy atom. The third-order valence-electron chi connectivity index (χ3n) is 5.86. The Morgan fingerprint density at radius 1 is 1.19 bits per heavy atom. The summed E-state index contributed by atoms with van der Waals surface area (Å²) >= 11 is 7.69. The number of ether oxygens (including phenoxy) is 1. The number of thiophene rings is 1. The Morgan fingerprint density at radius 2 is 1.92 bits per heavy atom. The minimum Gasteiger partial charge on any atom is -0.461 e. The lowest BCUT2D eigenvalue weighted by Gasteiger charge is -2.21. The van der Waals surface area contributed by atoms with Gasteiger partial charge in [-0.25, -0.2) is 4.79 Å².